The lowest BCUT2D eigenvalue weighted by Crippen LogP contribution is -2.43. The highest BCUT2D eigenvalue weighted by molar-refractivity contribution is 8.00. The van der Waals surface area contributed by atoms with Gasteiger partial charge in [0, 0.05) is 23.9 Å². The van der Waals surface area contributed by atoms with Crippen molar-refractivity contribution in [1.29, 1.82) is 0 Å². The number of benzene rings is 2. The van der Waals surface area contributed by atoms with Crippen LogP contribution in [0.15, 0.2) is 52.3 Å². The molecule has 14 heteroatoms. The number of rotatable bonds is 8. The van der Waals surface area contributed by atoms with E-state index in [0.29, 0.717) is 64.5 Å². The summed E-state index contributed by atoms with van der Waals surface area (Å²) in [6.45, 7) is 3.46. The Morgan fingerprint density at radius 2 is 1.67 bits per heavy atom. The minimum atomic E-state index is -0.869. The fourth-order valence-corrected chi connectivity index (χ4v) is 8.70. The van der Waals surface area contributed by atoms with E-state index in [1.165, 1.54) is 30.9 Å². The van der Waals surface area contributed by atoms with Crippen LogP contribution in [0, 0.1) is 5.92 Å². The number of carbonyl (C=O) groups excluding carboxylic acids is 4. The quantitative estimate of drug-likeness (QED) is 0.264. The summed E-state index contributed by atoms with van der Waals surface area (Å²) in [6, 6.07) is 11.4. The minimum Gasteiger partial charge on any atom is -0.493 e. The molecule has 3 amide bonds. The predicted molar refractivity (Wildman–Crippen MR) is 165 cm³/mol. The average Bonchev–Trinajstić information content (AvgIpc) is 3.51. The summed E-state index contributed by atoms with van der Waals surface area (Å²) >= 11 is 2.12. The summed E-state index contributed by atoms with van der Waals surface area (Å²) < 4.78 is 22.8. The van der Waals surface area contributed by atoms with E-state index >= 15 is 0 Å². The van der Waals surface area contributed by atoms with E-state index in [2.05, 4.69) is 0 Å². The van der Waals surface area contributed by atoms with E-state index < -0.39 is 34.9 Å². The first-order valence-corrected chi connectivity index (χ1v) is 16.1. The Labute approximate surface area is 266 Å². The number of esters is 1. The van der Waals surface area contributed by atoms with Crippen molar-refractivity contribution in [3.05, 3.63) is 68.1 Å². The Kier molecular flexibility index (Phi) is 8.71. The second-order valence-corrected chi connectivity index (χ2v) is 12.7. The van der Waals surface area contributed by atoms with Crippen LogP contribution < -0.4 is 19.2 Å². The molecule has 3 aromatic rings. The van der Waals surface area contributed by atoms with E-state index in [0.717, 1.165) is 28.0 Å². The third-order valence-corrected chi connectivity index (χ3v) is 10.7. The van der Waals surface area contributed by atoms with Crippen molar-refractivity contribution in [2.24, 2.45) is 5.92 Å². The second kappa shape index (κ2) is 12.7. The number of imide groups is 1. The molecule has 2 fully saturated rings. The molecule has 0 saturated carbocycles. The second-order valence-electron chi connectivity index (χ2n) is 10.6. The number of methoxy groups -OCH3 is 2. The van der Waals surface area contributed by atoms with Gasteiger partial charge in [0.25, 0.3) is 0 Å². The molecule has 2 saturated heterocycles. The summed E-state index contributed by atoms with van der Waals surface area (Å²) in [5.74, 6) is -2.20. The summed E-state index contributed by atoms with van der Waals surface area (Å²) in [5.41, 5.74) is 1.28. The summed E-state index contributed by atoms with van der Waals surface area (Å²) in [7, 11) is 3.02. The first-order valence-electron chi connectivity index (χ1n) is 14.4. The number of fused-ring (bicyclic) bond motifs is 2. The number of amides is 3. The number of thioether (sulfide) groups is 1. The molecule has 0 radical (unpaired) electrons. The van der Waals surface area contributed by atoms with Gasteiger partial charge in [-0.1, -0.05) is 29.2 Å². The van der Waals surface area contributed by atoms with Crippen LogP contribution in [0.5, 0.6) is 11.5 Å². The smallest absolute Gasteiger partial charge is 0.338 e. The summed E-state index contributed by atoms with van der Waals surface area (Å²) in [4.78, 5) is 70.2. The van der Waals surface area contributed by atoms with Crippen molar-refractivity contribution in [3.8, 4) is 11.5 Å². The van der Waals surface area contributed by atoms with Gasteiger partial charge < -0.3 is 23.8 Å². The van der Waals surface area contributed by atoms with Crippen molar-refractivity contribution in [2.75, 3.05) is 52.0 Å². The summed E-state index contributed by atoms with van der Waals surface area (Å²) in [6.07, 6.45) is 0. The lowest BCUT2D eigenvalue weighted by Gasteiger charge is -2.31. The van der Waals surface area contributed by atoms with Gasteiger partial charge in [-0.05, 0) is 48.9 Å². The van der Waals surface area contributed by atoms with E-state index in [9.17, 15) is 24.0 Å². The Balaban J connectivity index is 1.42. The third kappa shape index (κ3) is 5.51. The highest BCUT2D eigenvalue weighted by Crippen LogP contribution is 2.54. The molecule has 0 bridgehead atoms. The zero-order chi connectivity index (χ0) is 31.8. The van der Waals surface area contributed by atoms with Crippen LogP contribution >= 0.6 is 23.1 Å². The maximum Gasteiger partial charge on any atom is 0.338 e. The molecule has 4 heterocycles. The van der Waals surface area contributed by atoms with Gasteiger partial charge in [0.05, 0.1) is 56.2 Å². The number of ether oxygens (including phenoxy) is 4. The number of thiazole rings is 1. The number of aromatic nitrogens is 1. The van der Waals surface area contributed by atoms with Gasteiger partial charge in [0.15, 0.2) is 11.5 Å². The molecule has 6 rings (SSSR count). The van der Waals surface area contributed by atoms with Crippen LogP contribution in [0.4, 0.5) is 5.69 Å². The SMILES string of the molecule is CCOC(=O)c1ccc(N2C(=O)C3Sc4c(sc(=O)n4CC(=O)N4CCOCC4)[C@H](c4ccc(OC)c(OC)c4)C3C2=O)cc1. The maximum absolute atomic E-state index is 14.2. The Hall–Kier alpha value is -4.14. The van der Waals surface area contributed by atoms with E-state index in [-0.39, 0.29) is 23.9 Å². The van der Waals surface area contributed by atoms with Crippen LogP contribution in [-0.4, -0.2) is 85.5 Å². The molecule has 236 valence electrons. The zero-order valence-corrected chi connectivity index (χ0v) is 26.5. The monoisotopic (exact) mass is 653 g/mol. The number of anilines is 1. The molecule has 0 spiro atoms. The highest BCUT2D eigenvalue weighted by atomic mass is 32.2. The standard InChI is InChI=1S/C31H31N3O9S2/c1-4-43-30(38)17-5-8-19(9-6-17)34-27(36)24-23(18-7-10-20(40-2)21(15-18)41-3)26-29(44-25(24)28(34)37)33(31(39)45-26)16-22(35)32-11-13-42-14-12-32/h5-10,15,23-25H,4,11-14,16H2,1-3H3/t23-,24?,25?/m1/s1. The average molecular weight is 654 g/mol. The fourth-order valence-electron chi connectivity index (χ4n) is 5.92. The lowest BCUT2D eigenvalue weighted by atomic mass is 9.83. The van der Waals surface area contributed by atoms with Gasteiger partial charge in [-0.3, -0.25) is 23.7 Å². The fraction of sp³-hybridized carbons (Fsp3) is 0.387. The Morgan fingerprint density at radius 3 is 2.33 bits per heavy atom. The van der Waals surface area contributed by atoms with Crippen molar-refractivity contribution < 1.29 is 38.1 Å². The van der Waals surface area contributed by atoms with Crippen LogP contribution in [-0.2, 0) is 30.4 Å². The largest absolute Gasteiger partial charge is 0.493 e. The molecule has 3 aliphatic heterocycles. The van der Waals surface area contributed by atoms with E-state index in [1.807, 2.05) is 0 Å². The van der Waals surface area contributed by atoms with Gasteiger partial charge in [0.1, 0.15) is 11.8 Å². The molecular formula is C31H31N3O9S2. The van der Waals surface area contributed by atoms with E-state index in [4.69, 9.17) is 18.9 Å². The lowest BCUT2D eigenvalue weighted by molar-refractivity contribution is -0.136. The van der Waals surface area contributed by atoms with Gasteiger partial charge in [-0.25, -0.2) is 9.69 Å². The predicted octanol–water partition coefficient (Wildman–Crippen LogP) is 2.76. The van der Waals surface area contributed by atoms with Crippen molar-refractivity contribution >= 4 is 52.5 Å². The zero-order valence-electron chi connectivity index (χ0n) is 24.8. The van der Waals surface area contributed by atoms with Crippen LogP contribution in [0.2, 0.25) is 0 Å². The highest BCUT2D eigenvalue weighted by Gasteiger charge is 2.57. The Bertz CT molecular complexity index is 1710. The third-order valence-electron chi connectivity index (χ3n) is 8.11. The number of morpholine rings is 1. The summed E-state index contributed by atoms with van der Waals surface area (Å²) in [5, 5.41) is -0.375. The van der Waals surface area contributed by atoms with Crippen LogP contribution in [0.1, 0.15) is 33.6 Å². The molecule has 0 N–H and O–H groups in total. The number of nitrogens with zero attached hydrogens (tertiary/aromatic N) is 3. The van der Waals surface area contributed by atoms with E-state index in [1.54, 1.807) is 42.2 Å². The molecular weight excluding hydrogens is 622 g/mol. The topological polar surface area (TPSA) is 134 Å². The number of hydrogen-bond acceptors (Lipinski definition) is 11. The first kappa shape index (κ1) is 30.9. The number of hydrogen-bond donors (Lipinski definition) is 0. The van der Waals surface area contributed by atoms with Crippen LogP contribution in [0.25, 0.3) is 0 Å². The van der Waals surface area contributed by atoms with Crippen molar-refractivity contribution in [1.82, 2.24) is 9.47 Å². The van der Waals surface area contributed by atoms with Gasteiger partial charge in [-0.15, -0.1) is 0 Å². The molecule has 3 atom stereocenters. The molecule has 3 aliphatic rings. The van der Waals surface area contributed by atoms with Crippen molar-refractivity contribution in [2.45, 2.75) is 29.7 Å². The molecule has 12 nitrogen and oxygen atoms in total. The normalized spacial score (nSPS) is 20.9. The van der Waals surface area contributed by atoms with Gasteiger partial charge in [0.2, 0.25) is 17.7 Å². The van der Waals surface area contributed by atoms with Gasteiger partial charge in [-0.2, -0.15) is 0 Å². The molecule has 2 aromatic carbocycles. The first-order chi connectivity index (χ1) is 21.8. The minimum absolute atomic E-state index is 0.186. The van der Waals surface area contributed by atoms with Gasteiger partial charge >= 0.3 is 10.8 Å². The molecule has 45 heavy (non-hydrogen) atoms. The number of carbonyl (C=O) groups is 4. The molecule has 1 aromatic heterocycles. The maximum atomic E-state index is 14.2. The Morgan fingerprint density at radius 1 is 0.956 bits per heavy atom. The molecule has 2 unspecified atom stereocenters. The van der Waals surface area contributed by atoms with Crippen LogP contribution in [0.3, 0.4) is 0 Å². The molecule has 0 aliphatic carbocycles. The van der Waals surface area contributed by atoms with Crippen molar-refractivity contribution in [3.63, 3.8) is 0 Å².